The zero-order valence-electron chi connectivity index (χ0n) is 19.0. The molecule has 0 aliphatic carbocycles. The number of hydrogen-bond donors (Lipinski definition) is 0. The standard InChI is InChI=1S/C27H29ClN2O3S/c28-25-11-13-26(14-12-25)34(32,33)30-19-16-24(17-20-30)27(31)29(21-23-9-5-2-6-10-23)18-15-22-7-3-1-4-8-22/h1-14,24H,15-21H2. The van der Waals surface area contributed by atoms with Crippen LogP contribution in [0.15, 0.2) is 89.8 Å². The van der Waals surface area contributed by atoms with Crippen molar-refractivity contribution in [3.8, 4) is 0 Å². The summed E-state index contributed by atoms with van der Waals surface area (Å²) in [6, 6.07) is 26.4. The van der Waals surface area contributed by atoms with Gasteiger partial charge in [-0.15, -0.1) is 0 Å². The lowest BCUT2D eigenvalue weighted by atomic mass is 9.96. The molecule has 0 bridgehead atoms. The molecule has 0 N–H and O–H groups in total. The Morgan fingerprint density at radius 2 is 1.41 bits per heavy atom. The first-order valence-electron chi connectivity index (χ1n) is 11.6. The number of sulfonamides is 1. The second kappa shape index (κ2) is 11.2. The Bertz CT molecular complexity index is 1180. The number of piperidine rings is 1. The first-order valence-corrected chi connectivity index (χ1v) is 13.4. The van der Waals surface area contributed by atoms with Crippen molar-refractivity contribution in [2.75, 3.05) is 19.6 Å². The van der Waals surface area contributed by atoms with Gasteiger partial charge in [0, 0.05) is 37.1 Å². The zero-order valence-corrected chi connectivity index (χ0v) is 20.6. The van der Waals surface area contributed by atoms with E-state index < -0.39 is 10.0 Å². The Hall–Kier alpha value is -2.67. The molecule has 7 heteroatoms. The lowest BCUT2D eigenvalue weighted by Gasteiger charge is -2.34. The molecule has 5 nitrogen and oxygen atoms in total. The van der Waals surface area contributed by atoms with Gasteiger partial charge >= 0.3 is 0 Å². The Kier molecular flexibility index (Phi) is 8.03. The fourth-order valence-electron chi connectivity index (χ4n) is 4.34. The van der Waals surface area contributed by atoms with E-state index in [0.29, 0.717) is 44.0 Å². The SMILES string of the molecule is O=C(C1CCN(S(=O)(=O)c2ccc(Cl)cc2)CC1)N(CCc1ccccc1)Cc1ccccc1. The van der Waals surface area contributed by atoms with Crippen LogP contribution in [0.25, 0.3) is 0 Å². The van der Waals surface area contributed by atoms with Gasteiger partial charge in [-0.1, -0.05) is 72.3 Å². The lowest BCUT2D eigenvalue weighted by Crippen LogP contribution is -2.44. The maximum atomic E-state index is 13.5. The molecule has 1 heterocycles. The van der Waals surface area contributed by atoms with E-state index in [0.717, 1.165) is 12.0 Å². The average Bonchev–Trinajstić information content (AvgIpc) is 2.87. The van der Waals surface area contributed by atoms with E-state index >= 15 is 0 Å². The number of rotatable bonds is 8. The summed E-state index contributed by atoms with van der Waals surface area (Å²) in [5.74, 6) is -0.0838. The van der Waals surface area contributed by atoms with Crippen molar-refractivity contribution in [2.45, 2.75) is 30.7 Å². The minimum absolute atomic E-state index is 0.100. The number of carbonyl (C=O) groups excluding carboxylic acids is 1. The van der Waals surface area contributed by atoms with Gasteiger partial charge in [0.1, 0.15) is 0 Å². The number of nitrogens with zero attached hydrogens (tertiary/aromatic N) is 2. The third kappa shape index (κ3) is 6.06. The van der Waals surface area contributed by atoms with Crippen LogP contribution in [0.2, 0.25) is 5.02 Å². The van der Waals surface area contributed by atoms with Gasteiger partial charge < -0.3 is 4.90 Å². The molecule has 0 unspecified atom stereocenters. The van der Waals surface area contributed by atoms with Crippen LogP contribution in [0.4, 0.5) is 0 Å². The molecule has 3 aromatic rings. The molecule has 1 amide bonds. The summed E-state index contributed by atoms with van der Waals surface area (Å²) < 4.78 is 27.5. The van der Waals surface area contributed by atoms with Crippen molar-refractivity contribution < 1.29 is 13.2 Å². The van der Waals surface area contributed by atoms with Crippen LogP contribution in [-0.4, -0.2) is 43.2 Å². The van der Waals surface area contributed by atoms with Crippen molar-refractivity contribution in [1.29, 1.82) is 0 Å². The molecule has 0 spiro atoms. The first-order chi connectivity index (χ1) is 16.4. The third-order valence-corrected chi connectivity index (χ3v) is 8.46. The summed E-state index contributed by atoms with van der Waals surface area (Å²) in [5, 5.41) is 0.497. The van der Waals surface area contributed by atoms with E-state index in [4.69, 9.17) is 11.6 Å². The molecule has 1 fully saturated rings. The van der Waals surface area contributed by atoms with Crippen LogP contribution in [0.3, 0.4) is 0 Å². The van der Waals surface area contributed by atoms with Crippen LogP contribution in [0, 0.1) is 5.92 Å². The van der Waals surface area contributed by atoms with E-state index in [-0.39, 0.29) is 16.7 Å². The van der Waals surface area contributed by atoms with Gasteiger partial charge in [-0.05, 0) is 54.7 Å². The van der Waals surface area contributed by atoms with Gasteiger partial charge in [-0.2, -0.15) is 4.31 Å². The quantitative estimate of drug-likeness (QED) is 0.440. The summed E-state index contributed by atoms with van der Waals surface area (Å²) in [6.45, 7) is 1.84. The second-order valence-electron chi connectivity index (χ2n) is 8.61. The Labute approximate surface area is 207 Å². The van der Waals surface area contributed by atoms with Gasteiger partial charge in [-0.25, -0.2) is 8.42 Å². The fraction of sp³-hybridized carbons (Fsp3) is 0.296. The molecule has 0 saturated carbocycles. The molecular formula is C27H29ClN2O3S. The van der Waals surface area contributed by atoms with Crippen molar-refractivity contribution in [2.24, 2.45) is 5.92 Å². The summed E-state index contributed by atoms with van der Waals surface area (Å²) in [6.07, 6.45) is 1.81. The molecule has 3 aromatic carbocycles. The monoisotopic (exact) mass is 496 g/mol. The number of hydrogen-bond acceptors (Lipinski definition) is 3. The summed E-state index contributed by atoms with van der Waals surface area (Å²) >= 11 is 5.90. The number of halogens is 1. The normalized spacial score (nSPS) is 15.2. The molecule has 1 aliphatic rings. The maximum Gasteiger partial charge on any atom is 0.243 e. The van der Waals surface area contributed by atoms with Crippen molar-refractivity contribution in [3.05, 3.63) is 101 Å². The Morgan fingerprint density at radius 3 is 2.00 bits per heavy atom. The zero-order chi connectivity index (χ0) is 24.0. The van der Waals surface area contributed by atoms with Crippen molar-refractivity contribution >= 4 is 27.5 Å². The van der Waals surface area contributed by atoms with Gasteiger partial charge in [0.05, 0.1) is 4.90 Å². The molecule has 1 saturated heterocycles. The highest BCUT2D eigenvalue weighted by molar-refractivity contribution is 7.89. The minimum atomic E-state index is -3.59. The molecule has 34 heavy (non-hydrogen) atoms. The molecule has 4 rings (SSSR count). The van der Waals surface area contributed by atoms with Gasteiger partial charge in [0.25, 0.3) is 0 Å². The largest absolute Gasteiger partial charge is 0.338 e. The summed E-state index contributed by atoms with van der Waals surface area (Å²) in [4.78, 5) is 15.7. The Balaban J connectivity index is 1.42. The van der Waals surface area contributed by atoms with Gasteiger partial charge in [-0.3, -0.25) is 4.79 Å². The van der Waals surface area contributed by atoms with E-state index in [9.17, 15) is 13.2 Å². The third-order valence-electron chi connectivity index (χ3n) is 6.30. The molecular weight excluding hydrogens is 468 g/mol. The predicted octanol–water partition coefficient (Wildman–Crippen LogP) is 5.01. The van der Waals surface area contributed by atoms with E-state index in [1.165, 1.54) is 22.0 Å². The molecule has 0 radical (unpaired) electrons. The summed E-state index contributed by atoms with van der Waals surface area (Å²) in [7, 11) is -3.59. The van der Waals surface area contributed by atoms with Crippen LogP contribution >= 0.6 is 11.6 Å². The predicted molar refractivity (Wildman–Crippen MR) is 135 cm³/mol. The summed E-state index contributed by atoms with van der Waals surface area (Å²) in [5.41, 5.74) is 2.28. The van der Waals surface area contributed by atoms with Crippen LogP contribution < -0.4 is 0 Å². The van der Waals surface area contributed by atoms with Crippen LogP contribution in [-0.2, 0) is 27.8 Å². The van der Waals surface area contributed by atoms with Crippen molar-refractivity contribution in [3.63, 3.8) is 0 Å². The molecule has 178 valence electrons. The highest BCUT2D eigenvalue weighted by atomic mass is 35.5. The molecule has 1 aliphatic heterocycles. The van der Waals surface area contributed by atoms with E-state index in [2.05, 4.69) is 12.1 Å². The van der Waals surface area contributed by atoms with Gasteiger partial charge in [0.2, 0.25) is 15.9 Å². The average molecular weight is 497 g/mol. The highest BCUT2D eigenvalue weighted by Gasteiger charge is 2.33. The van der Waals surface area contributed by atoms with Crippen LogP contribution in [0.5, 0.6) is 0 Å². The number of benzene rings is 3. The smallest absolute Gasteiger partial charge is 0.243 e. The molecule has 0 aromatic heterocycles. The lowest BCUT2D eigenvalue weighted by molar-refractivity contribution is -0.137. The number of carbonyl (C=O) groups is 1. The van der Waals surface area contributed by atoms with E-state index in [1.54, 1.807) is 12.1 Å². The number of amides is 1. The van der Waals surface area contributed by atoms with Gasteiger partial charge in [0.15, 0.2) is 0 Å². The topological polar surface area (TPSA) is 57.7 Å². The van der Waals surface area contributed by atoms with E-state index in [1.807, 2.05) is 53.4 Å². The first kappa shape index (κ1) is 24.5. The van der Waals surface area contributed by atoms with Crippen molar-refractivity contribution in [1.82, 2.24) is 9.21 Å². The second-order valence-corrected chi connectivity index (χ2v) is 11.0. The maximum absolute atomic E-state index is 13.5. The molecule has 0 atom stereocenters. The highest BCUT2D eigenvalue weighted by Crippen LogP contribution is 2.26. The minimum Gasteiger partial charge on any atom is -0.338 e. The fourth-order valence-corrected chi connectivity index (χ4v) is 5.93. The Morgan fingerprint density at radius 1 is 0.853 bits per heavy atom. The van der Waals surface area contributed by atoms with Crippen LogP contribution in [0.1, 0.15) is 24.0 Å².